The van der Waals surface area contributed by atoms with Crippen LogP contribution in [0.1, 0.15) is 19.8 Å². The van der Waals surface area contributed by atoms with E-state index in [9.17, 15) is 5.11 Å². The molecule has 0 radical (unpaired) electrons. The molecule has 0 aliphatic heterocycles. The monoisotopic (exact) mass is 202 g/mol. The van der Waals surface area contributed by atoms with Crippen LogP contribution in [0.5, 0.6) is 0 Å². The number of anilines is 2. The van der Waals surface area contributed by atoms with E-state index in [1.165, 1.54) is 11.5 Å². The van der Waals surface area contributed by atoms with Gasteiger partial charge >= 0.3 is 0 Å². The molecule has 0 saturated carbocycles. The maximum absolute atomic E-state index is 9.24. The van der Waals surface area contributed by atoms with Crippen molar-refractivity contribution in [2.24, 2.45) is 0 Å². The van der Waals surface area contributed by atoms with E-state index < -0.39 is 0 Å². The van der Waals surface area contributed by atoms with Gasteiger partial charge in [-0.3, -0.25) is 0 Å². The number of aliphatic hydroxyl groups is 1. The summed E-state index contributed by atoms with van der Waals surface area (Å²) in [6, 6.07) is 0. The van der Waals surface area contributed by atoms with Crippen LogP contribution in [-0.2, 0) is 0 Å². The molecule has 0 aliphatic carbocycles. The molecule has 0 fully saturated rings. The Kier molecular flexibility index (Phi) is 3.91. The van der Waals surface area contributed by atoms with Crippen LogP contribution in [0.15, 0.2) is 0 Å². The molecule has 5 nitrogen and oxygen atoms in total. The van der Waals surface area contributed by atoms with Gasteiger partial charge in [0.1, 0.15) is 0 Å². The smallest absolute Gasteiger partial charge is 0.233 e. The van der Waals surface area contributed by atoms with Crippen LogP contribution in [0.25, 0.3) is 0 Å². The van der Waals surface area contributed by atoms with Crippen LogP contribution < -0.4 is 11.1 Å². The lowest BCUT2D eigenvalue weighted by molar-refractivity contribution is 0.164. The summed E-state index contributed by atoms with van der Waals surface area (Å²) in [6.45, 7) is 2.65. The molecular weight excluding hydrogens is 188 g/mol. The average molecular weight is 202 g/mol. The van der Waals surface area contributed by atoms with Gasteiger partial charge in [-0.25, -0.2) is 0 Å². The topological polar surface area (TPSA) is 84.1 Å². The summed E-state index contributed by atoms with van der Waals surface area (Å²) in [5, 5.41) is 13.0. The first-order chi connectivity index (χ1) is 6.22. The number of nitrogens with zero attached hydrogens (tertiary/aromatic N) is 2. The lowest BCUT2D eigenvalue weighted by Crippen LogP contribution is -2.12. The minimum absolute atomic E-state index is 0.238. The van der Waals surface area contributed by atoms with E-state index in [1.54, 1.807) is 0 Å². The Labute approximate surface area is 81.2 Å². The number of nitrogens with two attached hydrogens (primary N) is 1. The molecule has 0 spiro atoms. The highest BCUT2D eigenvalue weighted by Crippen LogP contribution is 2.11. The van der Waals surface area contributed by atoms with Crippen molar-refractivity contribution in [3.63, 3.8) is 0 Å². The fourth-order valence-electron chi connectivity index (χ4n) is 0.857. The van der Waals surface area contributed by atoms with Crippen LogP contribution in [0.3, 0.4) is 0 Å². The maximum atomic E-state index is 9.24. The molecule has 0 saturated heterocycles. The molecule has 1 heterocycles. The summed E-state index contributed by atoms with van der Waals surface area (Å²) in [5.41, 5.74) is 5.34. The van der Waals surface area contributed by atoms with Crippen LogP contribution >= 0.6 is 11.5 Å². The summed E-state index contributed by atoms with van der Waals surface area (Å²) in [7, 11) is 0. The van der Waals surface area contributed by atoms with E-state index in [4.69, 9.17) is 5.73 Å². The first-order valence-electron chi connectivity index (χ1n) is 4.23. The van der Waals surface area contributed by atoms with Gasteiger partial charge in [-0.15, -0.1) is 0 Å². The molecular formula is C7H14N4OS. The van der Waals surface area contributed by atoms with E-state index in [-0.39, 0.29) is 6.10 Å². The van der Waals surface area contributed by atoms with Crippen molar-refractivity contribution in [3.8, 4) is 0 Å². The predicted octanol–water partition coefficient (Wildman–Crippen LogP) is 0.693. The fourth-order valence-corrected chi connectivity index (χ4v) is 1.38. The largest absolute Gasteiger partial charge is 0.393 e. The van der Waals surface area contributed by atoms with Gasteiger partial charge in [0, 0.05) is 18.1 Å². The maximum Gasteiger partial charge on any atom is 0.233 e. The van der Waals surface area contributed by atoms with E-state index in [0.29, 0.717) is 17.6 Å². The summed E-state index contributed by atoms with van der Waals surface area (Å²) in [6.07, 6.45) is 1.26. The van der Waals surface area contributed by atoms with Gasteiger partial charge in [-0.05, 0) is 12.8 Å². The predicted molar refractivity (Wildman–Crippen MR) is 53.7 cm³/mol. The van der Waals surface area contributed by atoms with Crippen LogP contribution in [0.4, 0.5) is 11.1 Å². The van der Waals surface area contributed by atoms with Crippen molar-refractivity contribution in [1.29, 1.82) is 0 Å². The van der Waals surface area contributed by atoms with Gasteiger partial charge < -0.3 is 16.2 Å². The summed E-state index contributed by atoms with van der Waals surface area (Å²) >= 11 is 1.23. The van der Waals surface area contributed by atoms with Gasteiger partial charge in [-0.1, -0.05) is 6.92 Å². The Bertz CT molecular complexity index is 252. The van der Waals surface area contributed by atoms with E-state index in [0.717, 1.165) is 12.8 Å². The standard InChI is InChI=1S/C7H14N4OS/c1-2-5(12)3-4-9-7-10-6(8)11-13-7/h5,12H,2-4H2,1H3,(H3,8,9,10,11). The highest BCUT2D eigenvalue weighted by Gasteiger charge is 2.02. The highest BCUT2D eigenvalue weighted by atomic mass is 32.1. The number of rotatable bonds is 5. The van der Waals surface area contributed by atoms with E-state index in [1.807, 2.05) is 6.92 Å². The second-order valence-electron chi connectivity index (χ2n) is 2.74. The minimum Gasteiger partial charge on any atom is -0.393 e. The zero-order valence-corrected chi connectivity index (χ0v) is 8.34. The van der Waals surface area contributed by atoms with Crippen LogP contribution in [0, 0.1) is 0 Å². The van der Waals surface area contributed by atoms with Crippen molar-refractivity contribution < 1.29 is 5.11 Å². The normalized spacial score (nSPS) is 12.8. The van der Waals surface area contributed by atoms with Crippen LogP contribution in [0.2, 0.25) is 0 Å². The summed E-state index contributed by atoms with van der Waals surface area (Å²) < 4.78 is 3.82. The zero-order valence-electron chi connectivity index (χ0n) is 7.53. The van der Waals surface area contributed by atoms with E-state index in [2.05, 4.69) is 14.7 Å². The first kappa shape index (κ1) is 10.2. The van der Waals surface area contributed by atoms with Crippen molar-refractivity contribution >= 4 is 22.6 Å². The molecule has 0 aromatic carbocycles. The Hall–Kier alpha value is -0.880. The third kappa shape index (κ3) is 3.56. The number of hydrogen-bond donors (Lipinski definition) is 3. The quantitative estimate of drug-likeness (QED) is 0.654. The molecule has 1 unspecified atom stereocenters. The second-order valence-corrected chi connectivity index (χ2v) is 3.49. The number of aromatic nitrogens is 2. The van der Waals surface area contributed by atoms with Gasteiger partial charge in [-0.2, -0.15) is 9.36 Å². The van der Waals surface area contributed by atoms with Crippen molar-refractivity contribution in [2.45, 2.75) is 25.9 Å². The van der Waals surface area contributed by atoms with Crippen molar-refractivity contribution in [3.05, 3.63) is 0 Å². The Morgan fingerprint density at radius 2 is 2.46 bits per heavy atom. The summed E-state index contributed by atoms with van der Waals surface area (Å²) in [4.78, 5) is 3.93. The van der Waals surface area contributed by atoms with Crippen molar-refractivity contribution in [2.75, 3.05) is 17.6 Å². The minimum atomic E-state index is -0.238. The molecule has 1 atom stereocenters. The molecule has 74 valence electrons. The Morgan fingerprint density at radius 3 is 3.00 bits per heavy atom. The first-order valence-corrected chi connectivity index (χ1v) is 5.00. The highest BCUT2D eigenvalue weighted by molar-refractivity contribution is 7.09. The second kappa shape index (κ2) is 4.98. The molecule has 4 N–H and O–H groups in total. The van der Waals surface area contributed by atoms with E-state index >= 15 is 0 Å². The van der Waals surface area contributed by atoms with Gasteiger partial charge in [0.25, 0.3) is 0 Å². The van der Waals surface area contributed by atoms with Crippen molar-refractivity contribution in [1.82, 2.24) is 9.36 Å². The number of hydrogen-bond acceptors (Lipinski definition) is 6. The average Bonchev–Trinajstić information content (AvgIpc) is 2.51. The molecule has 13 heavy (non-hydrogen) atoms. The van der Waals surface area contributed by atoms with Crippen LogP contribution in [-0.4, -0.2) is 27.1 Å². The third-order valence-electron chi connectivity index (χ3n) is 1.67. The number of nitrogens with one attached hydrogen (secondary N) is 1. The third-order valence-corrected chi connectivity index (χ3v) is 2.35. The molecule has 0 amide bonds. The Morgan fingerprint density at radius 1 is 1.69 bits per heavy atom. The number of aliphatic hydroxyl groups excluding tert-OH is 1. The molecule has 0 bridgehead atoms. The lowest BCUT2D eigenvalue weighted by Gasteiger charge is -2.06. The zero-order chi connectivity index (χ0) is 9.68. The SMILES string of the molecule is CCC(O)CCNc1nc(N)ns1. The van der Waals surface area contributed by atoms with Gasteiger partial charge in [0.2, 0.25) is 11.1 Å². The van der Waals surface area contributed by atoms with Gasteiger partial charge in [0.05, 0.1) is 6.10 Å². The molecule has 6 heteroatoms. The number of nitrogen functional groups attached to an aromatic ring is 1. The molecule has 1 aromatic rings. The summed E-state index contributed by atoms with van der Waals surface area (Å²) in [5.74, 6) is 0.295. The lowest BCUT2D eigenvalue weighted by atomic mass is 10.2. The molecule has 1 aromatic heterocycles. The van der Waals surface area contributed by atoms with Gasteiger partial charge in [0.15, 0.2) is 0 Å². The molecule has 1 rings (SSSR count). The molecule has 0 aliphatic rings. The fraction of sp³-hybridized carbons (Fsp3) is 0.714. The Balaban J connectivity index is 2.20.